The Hall–Kier alpha value is -0.900. The normalized spacial score (nSPS) is 12.5. The highest BCUT2D eigenvalue weighted by molar-refractivity contribution is 9.10. The Kier molecular flexibility index (Phi) is 4.05. The van der Waals surface area contributed by atoms with Crippen LogP contribution >= 0.6 is 27.5 Å². The minimum absolute atomic E-state index is 0.350. The van der Waals surface area contributed by atoms with Gasteiger partial charge in [0.1, 0.15) is 11.9 Å². The Labute approximate surface area is 118 Å². The van der Waals surface area contributed by atoms with Gasteiger partial charge < -0.3 is 5.11 Å². The van der Waals surface area contributed by atoms with Gasteiger partial charge in [0.05, 0.1) is 5.02 Å². The topological polar surface area (TPSA) is 20.2 Å². The second kappa shape index (κ2) is 5.39. The molecule has 0 heterocycles. The molecule has 0 saturated carbocycles. The molecule has 18 heavy (non-hydrogen) atoms. The van der Waals surface area contributed by atoms with Gasteiger partial charge in [-0.1, -0.05) is 23.7 Å². The summed E-state index contributed by atoms with van der Waals surface area (Å²) < 4.78 is 14.0. The number of halogens is 3. The van der Waals surface area contributed by atoms with Crippen LogP contribution in [0.25, 0.3) is 0 Å². The Morgan fingerprint density at radius 2 is 1.89 bits per heavy atom. The van der Waals surface area contributed by atoms with Crippen LogP contribution in [0.2, 0.25) is 5.02 Å². The molecule has 1 unspecified atom stereocenters. The van der Waals surface area contributed by atoms with Crippen molar-refractivity contribution in [2.75, 3.05) is 0 Å². The Bertz CT molecular complexity index is 566. The molecule has 0 fully saturated rings. The van der Waals surface area contributed by atoms with E-state index in [0.717, 1.165) is 5.56 Å². The number of aryl methyl sites for hydroxylation is 1. The first kappa shape index (κ1) is 13.5. The van der Waals surface area contributed by atoms with Crippen molar-refractivity contribution >= 4 is 27.5 Å². The summed E-state index contributed by atoms with van der Waals surface area (Å²) >= 11 is 9.19. The van der Waals surface area contributed by atoms with Gasteiger partial charge in [-0.2, -0.15) is 0 Å². The van der Waals surface area contributed by atoms with Crippen molar-refractivity contribution in [1.29, 1.82) is 0 Å². The second-order valence-electron chi connectivity index (χ2n) is 4.14. The number of rotatable bonds is 2. The quantitative estimate of drug-likeness (QED) is 0.851. The summed E-state index contributed by atoms with van der Waals surface area (Å²) in [5, 5.41) is 10.8. The lowest BCUT2D eigenvalue weighted by Gasteiger charge is -2.13. The van der Waals surface area contributed by atoms with E-state index in [4.69, 9.17) is 11.6 Å². The monoisotopic (exact) mass is 328 g/mol. The van der Waals surface area contributed by atoms with Crippen molar-refractivity contribution in [2.24, 2.45) is 0 Å². The SMILES string of the molecule is Cc1cc(F)cc(C(O)c2ccc(Cl)c(Br)c2)c1. The highest BCUT2D eigenvalue weighted by Gasteiger charge is 2.13. The number of benzene rings is 2. The predicted octanol–water partition coefficient (Wildman–Crippen LogP) is 4.63. The fourth-order valence-corrected chi connectivity index (χ4v) is 2.31. The molecule has 0 saturated heterocycles. The average molecular weight is 330 g/mol. The van der Waals surface area contributed by atoms with Crippen molar-refractivity contribution in [3.05, 3.63) is 68.4 Å². The Morgan fingerprint density at radius 1 is 1.17 bits per heavy atom. The summed E-state index contributed by atoms with van der Waals surface area (Å²) in [6, 6.07) is 9.66. The molecular weight excluding hydrogens is 319 g/mol. The zero-order chi connectivity index (χ0) is 13.3. The van der Waals surface area contributed by atoms with Crippen LogP contribution in [0.3, 0.4) is 0 Å². The van der Waals surface area contributed by atoms with E-state index >= 15 is 0 Å². The van der Waals surface area contributed by atoms with Crippen LogP contribution in [-0.4, -0.2) is 5.11 Å². The van der Waals surface area contributed by atoms with Gasteiger partial charge in [0.15, 0.2) is 0 Å². The molecule has 0 radical (unpaired) electrons. The van der Waals surface area contributed by atoms with Crippen LogP contribution in [0.5, 0.6) is 0 Å². The van der Waals surface area contributed by atoms with Crippen LogP contribution in [0.15, 0.2) is 40.9 Å². The molecule has 1 atom stereocenters. The maximum absolute atomic E-state index is 13.3. The van der Waals surface area contributed by atoms with Gasteiger partial charge in [0.25, 0.3) is 0 Å². The lowest BCUT2D eigenvalue weighted by molar-refractivity contribution is 0.219. The van der Waals surface area contributed by atoms with Gasteiger partial charge in [-0.3, -0.25) is 0 Å². The van der Waals surface area contributed by atoms with E-state index in [-0.39, 0.29) is 5.82 Å². The van der Waals surface area contributed by atoms with Crippen molar-refractivity contribution < 1.29 is 9.50 Å². The Balaban J connectivity index is 2.40. The number of aliphatic hydroxyl groups excluding tert-OH is 1. The predicted molar refractivity (Wildman–Crippen MR) is 74.4 cm³/mol. The lowest BCUT2D eigenvalue weighted by atomic mass is 10.00. The zero-order valence-corrected chi connectivity index (χ0v) is 12.0. The first-order valence-electron chi connectivity index (χ1n) is 5.37. The minimum atomic E-state index is -0.868. The van der Waals surface area contributed by atoms with Gasteiger partial charge in [-0.15, -0.1) is 0 Å². The molecule has 0 spiro atoms. The third kappa shape index (κ3) is 2.91. The summed E-state index contributed by atoms with van der Waals surface area (Å²) in [6.07, 6.45) is -0.868. The van der Waals surface area contributed by atoms with Crippen LogP contribution in [0.1, 0.15) is 22.8 Å². The van der Waals surface area contributed by atoms with E-state index in [1.165, 1.54) is 12.1 Å². The second-order valence-corrected chi connectivity index (χ2v) is 5.40. The maximum atomic E-state index is 13.3. The molecule has 0 bridgehead atoms. The lowest BCUT2D eigenvalue weighted by Crippen LogP contribution is -2.01. The van der Waals surface area contributed by atoms with Gasteiger partial charge in [-0.05, 0) is 63.8 Å². The van der Waals surface area contributed by atoms with Crippen LogP contribution in [-0.2, 0) is 0 Å². The molecule has 1 N–H and O–H groups in total. The molecule has 2 aromatic rings. The molecule has 0 aliphatic heterocycles. The fourth-order valence-electron chi connectivity index (χ4n) is 1.80. The van der Waals surface area contributed by atoms with E-state index in [1.807, 2.05) is 0 Å². The smallest absolute Gasteiger partial charge is 0.123 e. The highest BCUT2D eigenvalue weighted by Crippen LogP contribution is 2.29. The summed E-state index contributed by atoms with van der Waals surface area (Å²) in [6.45, 7) is 1.79. The molecule has 0 aliphatic carbocycles. The third-order valence-corrected chi connectivity index (χ3v) is 3.85. The number of hydrogen-bond acceptors (Lipinski definition) is 1. The van der Waals surface area contributed by atoms with Crippen molar-refractivity contribution in [2.45, 2.75) is 13.0 Å². The standard InChI is InChI=1S/C14H11BrClFO/c1-8-4-10(6-11(17)5-8)14(18)9-2-3-13(16)12(15)7-9/h2-7,14,18H,1H3. The summed E-state index contributed by atoms with van der Waals surface area (Å²) in [7, 11) is 0. The average Bonchev–Trinajstić information content (AvgIpc) is 2.30. The van der Waals surface area contributed by atoms with Crippen LogP contribution in [0.4, 0.5) is 4.39 Å². The van der Waals surface area contributed by atoms with Crippen LogP contribution in [0, 0.1) is 12.7 Å². The van der Waals surface area contributed by atoms with Crippen molar-refractivity contribution in [3.8, 4) is 0 Å². The third-order valence-electron chi connectivity index (χ3n) is 2.64. The molecule has 0 amide bonds. The number of aliphatic hydroxyl groups is 1. The molecule has 0 aromatic heterocycles. The summed E-state index contributed by atoms with van der Waals surface area (Å²) in [4.78, 5) is 0. The van der Waals surface area contributed by atoms with Gasteiger partial charge in [-0.25, -0.2) is 4.39 Å². The maximum Gasteiger partial charge on any atom is 0.123 e. The summed E-state index contributed by atoms with van der Waals surface area (Å²) in [5.74, 6) is -0.350. The van der Waals surface area contributed by atoms with Gasteiger partial charge in [0, 0.05) is 4.47 Å². The molecule has 2 aromatic carbocycles. The molecular formula is C14H11BrClFO. The van der Waals surface area contributed by atoms with E-state index in [2.05, 4.69) is 15.9 Å². The van der Waals surface area contributed by atoms with E-state index in [0.29, 0.717) is 20.6 Å². The largest absolute Gasteiger partial charge is 0.384 e. The van der Waals surface area contributed by atoms with E-state index in [9.17, 15) is 9.50 Å². The molecule has 0 aliphatic rings. The van der Waals surface area contributed by atoms with Gasteiger partial charge in [0.2, 0.25) is 0 Å². The molecule has 1 nitrogen and oxygen atoms in total. The van der Waals surface area contributed by atoms with Crippen molar-refractivity contribution in [3.63, 3.8) is 0 Å². The fraction of sp³-hybridized carbons (Fsp3) is 0.143. The van der Waals surface area contributed by atoms with Crippen molar-refractivity contribution in [1.82, 2.24) is 0 Å². The van der Waals surface area contributed by atoms with E-state index < -0.39 is 6.10 Å². The van der Waals surface area contributed by atoms with Gasteiger partial charge >= 0.3 is 0 Å². The molecule has 94 valence electrons. The molecule has 2 rings (SSSR count). The first-order valence-corrected chi connectivity index (χ1v) is 6.54. The first-order chi connectivity index (χ1) is 8.47. The summed E-state index contributed by atoms with van der Waals surface area (Å²) in [5.41, 5.74) is 1.97. The van der Waals surface area contributed by atoms with E-state index in [1.54, 1.807) is 31.2 Å². The highest BCUT2D eigenvalue weighted by atomic mass is 79.9. The zero-order valence-electron chi connectivity index (χ0n) is 9.62. The number of hydrogen-bond donors (Lipinski definition) is 1. The Morgan fingerprint density at radius 3 is 2.50 bits per heavy atom. The minimum Gasteiger partial charge on any atom is -0.384 e. The van der Waals surface area contributed by atoms with Crippen LogP contribution < -0.4 is 0 Å². The molecule has 4 heteroatoms.